The predicted molar refractivity (Wildman–Crippen MR) is 141 cm³/mol. The Kier molecular flexibility index (Phi) is 9.25. The van der Waals surface area contributed by atoms with Crippen molar-refractivity contribution in [1.29, 1.82) is 0 Å². The highest BCUT2D eigenvalue weighted by Gasteiger charge is 2.49. The van der Waals surface area contributed by atoms with Crippen molar-refractivity contribution < 1.29 is 37.4 Å². The van der Waals surface area contributed by atoms with Crippen LogP contribution in [-0.2, 0) is 23.4 Å². The van der Waals surface area contributed by atoms with Crippen molar-refractivity contribution in [3.63, 3.8) is 0 Å². The summed E-state index contributed by atoms with van der Waals surface area (Å²) in [5.74, 6) is -1.15. The highest BCUT2D eigenvalue weighted by molar-refractivity contribution is 9.11. The molecule has 1 unspecified atom stereocenters. The van der Waals surface area contributed by atoms with Gasteiger partial charge in [0.1, 0.15) is 29.4 Å². The number of halogens is 2. The van der Waals surface area contributed by atoms with Gasteiger partial charge in [-0.3, -0.25) is 23.7 Å². The maximum absolute atomic E-state index is 14.0. The van der Waals surface area contributed by atoms with E-state index < -0.39 is 61.4 Å². The minimum atomic E-state index is -4.34. The van der Waals surface area contributed by atoms with Crippen LogP contribution in [0.4, 0.5) is 4.39 Å². The van der Waals surface area contributed by atoms with E-state index in [2.05, 4.69) is 26.0 Å². The summed E-state index contributed by atoms with van der Waals surface area (Å²) in [5.41, 5.74) is -2.49. The number of rotatable bonds is 10. The fourth-order valence-electron chi connectivity index (χ4n) is 4.62. The molecule has 39 heavy (non-hydrogen) atoms. The van der Waals surface area contributed by atoms with Gasteiger partial charge in [0.25, 0.3) is 5.56 Å². The van der Waals surface area contributed by atoms with E-state index in [1.165, 1.54) is 36.5 Å². The fourth-order valence-corrected chi connectivity index (χ4v) is 6.65. The number of aromatic nitrogens is 2. The molecule has 4 rings (SSSR count). The van der Waals surface area contributed by atoms with Gasteiger partial charge >= 0.3 is 19.4 Å². The lowest BCUT2D eigenvalue weighted by Gasteiger charge is -2.31. The monoisotopic (exact) mass is 631 g/mol. The zero-order valence-electron chi connectivity index (χ0n) is 20.9. The average Bonchev–Trinajstić information content (AvgIpc) is 3.52. The number of esters is 1. The first-order chi connectivity index (χ1) is 18.6. The average molecular weight is 632 g/mol. The Morgan fingerprint density at radius 2 is 2.03 bits per heavy atom. The number of carbonyl (C=O) groups is 1. The summed E-state index contributed by atoms with van der Waals surface area (Å²) >= 11 is 3.08. The number of hydrogen-bond donors (Lipinski definition) is 3. The van der Waals surface area contributed by atoms with E-state index in [-0.39, 0.29) is 17.7 Å². The quantitative estimate of drug-likeness (QED) is 0.263. The van der Waals surface area contributed by atoms with Gasteiger partial charge in [-0.2, -0.15) is 5.09 Å². The normalized spacial score (nSPS) is 24.1. The number of aliphatic hydroxyl groups excluding tert-OH is 1. The number of nitrogens with one attached hydrogen (secondary N) is 2. The maximum Gasteiger partial charge on any atom is 0.459 e. The lowest BCUT2D eigenvalue weighted by atomic mass is 10.00. The molecule has 2 aliphatic rings. The van der Waals surface area contributed by atoms with Gasteiger partial charge in [-0.25, -0.2) is 13.8 Å². The van der Waals surface area contributed by atoms with Crippen LogP contribution in [0.25, 0.3) is 6.08 Å². The SMILES string of the molecule is COC(=O)C1(NP(=O)(OC[C@H]2O[C@@H](n3cc(/C=C/Br)c(=O)[nH]c3=O)C[C@@H]2O)Oc2ccc(F)cc2)CCCC1. The first-order valence-corrected chi connectivity index (χ1v) is 14.6. The lowest BCUT2D eigenvalue weighted by molar-refractivity contribution is -0.147. The first-order valence-electron chi connectivity index (χ1n) is 12.1. The number of aromatic amines is 1. The van der Waals surface area contributed by atoms with Crippen LogP contribution in [0, 0.1) is 5.82 Å². The van der Waals surface area contributed by atoms with Gasteiger partial charge in [-0.05, 0) is 48.2 Å². The minimum Gasteiger partial charge on any atom is -0.468 e. The molecule has 2 fully saturated rings. The van der Waals surface area contributed by atoms with E-state index in [0.29, 0.717) is 25.7 Å². The van der Waals surface area contributed by atoms with Gasteiger partial charge in [0.2, 0.25) is 0 Å². The van der Waals surface area contributed by atoms with Gasteiger partial charge in [0.15, 0.2) is 0 Å². The second-order valence-corrected chi connectivity index (χ2v) is 11.4. The van der Waals surface area contributed by atoms with Crippen LogP contribution in [0.15, 0.2) is 45.0 Å². The number of nitrogens with zero attached hydrogens (tertiary/aromatic N) is 1. The number of carbonyl (C=O) groups excluding carboxylic acids is 1. The van der Waals surface area contributed by atoms with Gasteiger partial charge in [0.05, 0.1) is 25.4 Å². The lowest BCUT2D eigenvalue weighted by Crippen LogP contribution is -2.50. The topological polar surface area (TPSA) is 158 Å². The molecule has 1 aromatic carbocycles. The number of H-pyrrole nitrogens is 1. The second kappa shape index (κ2) is 12.3. The molecule has 1 saturated carbocycles. The summed E-state index contributed by atoms with van der Waals surface area (Å²) in [6, 6.07) is 4.73. The molecule has 3 N–H and O–H groups in total. The molecule has 2 heterocycles. The largest absolute Gasteiger partial charge is 0.468 e. The Labute approximate surface area is 230 Å². The number of aliphatic hydroxyl groups is 1. The molecule has 1 saturated heterocycles. The Morgan fingerprint density at radius 1 is 1.33 bits per heavy atom. The Hall–Kier alpha value is -2.61. The zero-order valence-corrected chi connectivity index (χ0v) is 23.4. The van der Waals surface area contributed by atoms with E-state index in [4.69, 9.17) is 18.5 Å². The molecule has 15 heteroatoms. The van der Waals surface area contributed by atoms with Gasteiger partial charge < -0.3 is 19.1 Å². The van der Waals surface area contributed by atoms with Crippen LogP contribution in [0.1, 0.15) is 43.9 Å². The van der Waals surface area contributed by atoms with Crippen molar-refractivity contribution in [3.8, 4) is 5.75 Å². The van der Waals surface area contributed by atoms with Crippen LogP contribution in [0.2, 0.25) is 0 Å². The van der Waals surface area contributed by atoms with Gasteiger partial charge in [-0.15, -0.1) is 0 Å². The smallest absolute Gasteiger partial charge is 0.459 e. The van der Waals surface area contributed by atoms with E-state index in [1.54, 1.807) is 0 Å². The fraction of sp³-hybridized carbons (Fsp3) is 0.458. The third-order valence-corrected chi connectivity index (χ3v) is 8.49. The van der Waals surface area contributed by atoms with E-state index in [0.717, 1.165) is 16.7 Å². The Balaban J connectivity index is 1.55. The minimum absolute atomic E-state index is 0.0168. The standard InChI is InChI=1S/C24H28BrFN3O9P/c1-35-22(32)24(9-2-3-10-24)28-39(34,38-17-6-4-16(26)5-7-17)36-14-19-18(30)12-20(37-19)29-13-15(8-11-25)21(31)27-23(29)33/h4-8,11,13,18-20,30H,2-3,9-10,12,14H2,1H3,(H,28,34)(H,27,31,33)/b11-8+/t18-,19+,20+,39?/m0/s1. The second-order valence-electron chi connectivity index (χ2n) is 9.21. The number of hydrogen-bond acceptors (Lipinski definition) is 9. The molecule has 212 valence electrons. The summed E-state index contributed by atoms with van der Waals surface area (Å²) < 4.78 is 50.6. The molecule has 1 aliphatic heterocycles. The van der Waals surface area contributed by atoms with E-state index in [9.17, 15) is 28.4 Å². The molecule has 1 aliphatic carbocycles. The number of methoxy groups -OCH3 is 1. The summed E-state index contributed by atoms with van der Waals surface area (Å²) in [7, 11) is -3.12. The molecule has 0 radical (unpaired) electrons. The van der Waals surface area contributed by atoms with E-state index in [1.807, 2.05) is 0 Å². The third kappa shape index (κ3) is 6.76. The number of ether oxygens (including phenoxy) is 2. The van der Waals surface area contributed by atoms with Crippen molar-refractivity contribution in [2.45, 2.75) is 56.1 Å². The van der Waals surface area contributed by atoms with Crippen molar-refractivity contribution in [2.24, 2.45) is 0 Å². The van der Waals surface area contributed by atoms with Gasteiger partial charge in [0, 0.05) is 12.6 Å². The summed E-state index contributed by atoms with van der Waals surface area (Å²) in [5, 5.41) is 13.4. The summed E-state index contributed by atoms with van der Waals surface area (Å²) in [6.07, 6.45) is 1.56. The van der Waals surface area contributed by atoms with Crippen molar-refractivity contribution >= 4 is 35.7 Å². The summed E-state index contributed by atoms with van der Waals surface area (Å²) in [6.45, 7) is -0.452. The third-order valence-electron chi connectivity index (χ3n) is 6.58. The molecule has 0 bridgehead atoms. The molecule has 0 spiro atoms. The van der Waals surface area contributed by atoms with Crippen LogP contribution in [0.5, 0.6) is 5.75 Å². The molecule has 4 atom stereocenters. The van der Waals surface area contributed by atoms with Crippen LogP contribution >= 0.6 is 23.7 Å². The predicted octanol–water partition coefficient (Wildman–Crippen LogP) is 2.97. The molecule has 2 aromatic rings. The maximum atomic E-state index is 14.0. The zero-order chi connectivity index (χ0) is 28.2. The van der Waals surface area contributed by atoms with Crippen molar-refractivity contribution in [2.75, 3.05) is 13.7 Å². The molecular formula is C24H28BrFN3O9P. The van der Waals surface area contributed by atoms with Crippen molar-refractivity contribution in [3.05, 3.63) is 67.7 Å². The van der Waals surface area contributed by atoms with Crippen LogP contribution in [0.3, 0.4) is 0 Å². The molecule has 12 nitrogen and oxygen atoms in total. The van der Waals surface area contributed by atoms with Crippen LogP contribution < -0.4 is 20.9 Å². The van der Waals surface area contributed by atoms with Crippen molar-refractivity contribution in [1.82, 2.24) is 14.6 Å². The molecule has 1 aromatic heterocycles. The highest BCUT2D eigenvalue weighted by Crippen LogP contribution is 2.50. The highest BCUT2D eigenvalue weighted by atomic mass is 79.9. The number of benzene rings is 1. The first kappa shape index (κ1) is 29.4. The Bertz CT molecular complexity index is 1370. The summed E-state index contributed by atoms with van der Waals surface area (Å²) in [4.78, 5) is 40.7. The molecule has 0 amide bonds. The van der Waals surface area contributed by atoms with Crippen LogP contribution in [-0.4, -0.2) is 52.1 Å². The van der Waals surface area contributed by atoms with E-state index >= 15 is 0 Å². The molecular weight excluding hydrogens is 604 g/mol. The Morgan fingerprint density at radius 3 is 2.67 bits per heavy atom. The van der Waals surface area contributed by atoms with Gasteiger partial charge in [-0.1, -0.05) is 28.8 Å².